The highest BCUT2D eigenvalue weighted by Gasteiger charge is 2.17. The van der Waals surface area contributed by atoms with Gasteiger partial charge in [0.1, 0.15) is 0 Å². The quantitative estimate of drug-likeness (QED) is 0.823. The molecule has 3 N–H and O–H groups in total. The van der Waals surface area contributed by atoms with E-state index in [9.17, 15) is 4.79 Å². The van der Waals surface area contributed by atoms with Crippen LogP contribution in [0.15, 0.2) is 30.3 Å². The van der Waals surface area contributed by atoms with Gasteiger partial charge < -0.3 is 11.1 Å². The molecule has 1 aromatic carbocycles. The van der Waals surface area contributed by atoms with Crippen LogP contribution in [-0.4, -0.2) is 43.0 Å². The number of nitrogens with one attached hydrogen (secondary N) is 1. The lowest BCUT2D eigenvalue weighted by Gasteiger charge is -2.29. The molecule has 19 heavy (non-hydrogen) atoms. The Morgan fingerprint density at radius 2 is 1.95 bits per heavy atom. The maximum absolute atomic E-state index is 11.8. The van der Waals surface area contributed by atoms with Gasteiger partial charge in [-0.1, -0.05) is 30.3 Å². The molecule has 1 aromatic rings. The zero-order chi connectivity index (χ0) is 13.5. The Morgan fingerprint density at radius 3 is 2.63 bits per heavy atom. The first-order chi connectivity index (χ1) is 9.24. The molecule has 0 spiro atoms. The van der Waals surface area contributed by atoms with Gasteiger partial charge in [0.05, 0.1) is 6.54 Å². The highest BCUT2D eigenvalue weighted by atomic mass is 16.2. The molecule has 0 atom stereocenters. The Labute approximate surface area is 115 Å². The maximum Gasteiger partial charge on any atom is 0.234 e. The molecule has 1 amide bonds. The molecule has 0 aromatic heterocycles. The summed E-state index contributed by atoms with van der Waals surface area (Å²) >= 11 is 0. The van der Waals surface area contributed by atoms with E-state index in [1.807, 2.05) is 18.2 Å². The highest BCUT2D eigenvalue weighted by Crippen LogP contribution is 2.07. The number of carbonyl (C=O) groups excluding carboxylic acids is 1. The summed E-state index contributed by atoms with van der Waals surface area (Å²) in [6, 6.07) is 10.5. The second-order valence-electron chi connectivity index (χ2n) is 5.20. The highest BCUT2D eigenvalue weighted by molar-refractivity contribution is 5.78. The van der Waals surface area contributed by atoms with Crippen LogP contribution in [-0.2, 0) is 11.2 Å². The molecule has 0 radical (unpaired) electrons. The minimum Gasteiger partial charge on any atom is -0.355 e. The van der Waals surface area contributed by atoms with Crippen LogP contribution in [0.25, 0.3) is 0 Å². The second kappa shape index (κ2) is 7.26. The van der Waals surface area contributed by atoms with Crippen molar-refractivity contribution in [1.82, 2.24) is 10.2 Å². The Morgan fingerprint density at radius 1 is 1.26 bits per heavy atom. The summed E-state index contributed by atoms with van der Waals surface area (Å²) in [5, 5.41) is 2.98. The van der Waals surface area contributed by atoms with E-state index in [1.54, 1.807) is 0 Å². The summed E-state index contributed by atoms with van der Waals surface area (Å²) in [6.07, 6.45) is 2.88. The van der Waals surface area contributed by atoms with Gasteiger partial charge in [-0.25, -0.2) is 0 Å². The fourth-order valence-corrected chi connectivity index (χ4v) is 2.36. The maximum atomic E-state index is 11.8. The first-order valence-corrected chi connectivity index (χ1v) is 7.02. The summed E-state index contributed by atoms with van der Waals surface area (Å²) < 4.78 is 0. The third kappa shape index (κ3) is 5.01. The number of amides is 1. The van der Waals surface area contributed by atoms with E-state index in [4.69, 9.17) is 5.73 Å². The molecule has 0 aliphatic carbocycles. The largest absolute Gasteiger partial charge is 0.355 e. The SMILES string of the molecule is NC1CCN(CC(=O)NCCc2ccccc2)CC1. The van der Waals surface area contributed by atoms with Crippen LogP contribution >= 0.6 is 0 Å². The van der Waals surface area contributed by atoms with Gasteiger partial charge in [0.25, 0.3) is 0 Å². The molecule has 2 rings (SSSR count). The van der Waals surface area contributed by atoms with Crippen molar-refractivity contribution in [1.29, 1.82) is 0 Å². The van der Waals surface area contributed by atoms with Gasteiger partial charge in [-0.05, 0) is 24.8 Å². The van der Waals surface area contributed by atoms with Crippen LogP contribution < -0.4 is 11.1 Å². The smallest absolute Gasteiger partial charge is 0.234 e. The van der Waals surface area contributed by atoms with E-state index in [1.165, 1.54) is 5.56 Å². The normalized spacial score (nSPS) is 17.3. The molecule has 1 fully saturated rings. The van der Waals surface area contributed by atoms with Crippen molar-refractivity contribution in [3.8, 4) is 0 Å². The number of piperidine rings is 1. The van der Waals surface area contributed by atoms with Crippen LogP contribution in [0, 0.1) is 0 Å². The number of hydrogen-bond acceptors (Lipinski definition) is 3. The number of nitrogens with zero attached hydrogens (tertiary/aromatic N) is 1. The molecule has 1 saturated heterocycles. The van der Waals surface area contributed by atoms with Gasteiger partial charge in [0.2, 0.25) is 5.91 Å². The molecule has 0 saturated carbocycles. The van der Waals surface area contributed by atoms with Gasteiger partial charge in [-0.2, -0.15) is 0 Å². The van der Waals surface area contributed by atoms with Gasteiger partial charge in [0, 0.05) is 25.7 Å². The number of benzene rings is 1. The number of likely N-dealkylation sites (tertiary alicyclic amines) is 1. The van der Waals surface area contributed by atoms with Gasteiger partial charge in [-0.15, -0.1) is 0 Å². The zero-order valence-corrected chi connectivity index (χ0v) is 11.3. The topological polar surface area (TPSA) is 58.4 Å². The Bertz CT molecular complexity index is 386. The lowest BCUT2D eigenvalue weighted by molar-refractivity contribution is -0.122. The van der Waals surface area contributed by atoms with Crippen molar-refractivity contribution >= 4 is 5.91 Å². The van der Waals surface area contributed by atoms with Crippen LogP contribution in [0.5, 0.6) is 0 Å². The lowest BCUT2D eigenvalue weighted by atomic mass is 10.1. The summed E-state index contributed by atoms with van der Waals surface area (Å²) in [6.45, 7) is 3.08. The fraction of sp³-hybridized carbons (Fsp3) is 0.533. The molecule has 4 nitrogen and oxygen atoms in total. The number of nitrogens with two attached hydrogens (primary N) is 1. The minimum absolute atomic E-state index is 0.117. The molecule has 0 bridgehead atoms. The molecule has 1 heterocycles. The summed E-state index contributed by atoms with van der Waals surface area (Å²) in [5.41, 5.74) is 7.10. The molecule has 1 aliphatic rings. The van der Waals surface area contributed by atoms with Crippen LogP contribution in [0.4, 0.5) is 0 Å². The van der Waals surface area contributed by atoms with E-state index in [0.717, 1.165) is 32.4 Å². The lowest BCUT2D eigenvalue weighted by Crippen LogP contribution is -2.44. The monoisotopic (exact) mass is 261 g/mol. The van der Waals surface area contributed by atoms with Crippen LogP contribution in [0.1, 0.15) is 18.4 Å². The molecule has 1 aliphatic heterocycles. The van der Waals surface area contributed by atoms with Gasteiger partial charge in [-0.3, -0.25) is 9.69 Å². The summed E-state index contributed by atoms with van der Waals surface area (Å²) in [4.78, 5) is 14.0. The predicted molar refractivity (Wildman–Crippen MR) is 76.8 cm³/mol. The van der Waals surface area contributed by atoms with E-state index < -0.39 is 0 Å². The Balaban J connectivity index is 1.62. The number of carbonyl (C=O) groups is 1. The van der Waals surface area contributed by atoms with E-state index in [0.29, 0.717) is 19.1 Å². The van der Waals surface area contributed by atoms with Crippen molar-refractivity contribution in [3.05, 3.63) is 35.9 Å². The van der Waals surface area contributed by atoms with Crippen molar-refractivity contribution in [2.45, 2.75) is 25.3 Å². The van der Waals surface area contributed by atoms with E-state index >= 15 is 0 Å². The van der Waals surface area contributed by atoms with Crippen LogP contribution in [0.2, 0.25) is 0 Å². The average molecular weight is 261 g/mol. The van der Waals surface area contributed by atoms with Crippen LogP contribution in [0.3, 0.4) is 0 Å². The summed E-state index contributed by atoms with van der Waals surface area (Å²) in [5.74, 6) is 0.117. The molecular formula is C15H23N3O. The van der Waals surface area contributed by atoms with Gasteiger partial charge in [0.15, 0.2) is 0 Å². The fourth-order valence-electron chi connectivity index (χ4n) is 2.36. The first-order valence-electron chi connectivity index (χ1n) is 7.02. The van der Waals surface area contributed by atoms with Crippen molar-refractivity contribution in [2.75, 3.05) is 26.2 Å². The standard InChI is InChI=1S/C15H23N3O/c16-14-7-10-18(11-8-14)12-15(19)17-9-6-13-4-2-1-3-5-13/h1-5,14H,6-12,16H2,(H,17,19). The third-order valence-corrected chi connectivity index (χ3v) is 3.58. The Kier molecular flexibility index (Phi) is 5.36. The molecule has 4 heteroatoms. The average Bonchev–Trinajstić information content (AvgIpc) is 2.43. The Hall–Kier alpha value is -1.39. The molecule has 0 unspecified atom stereocenters. The van der Waals surface area contributed by atoms with Crippen molar-refractivity contribution in [3.63, 3.8) is 0 Å². The van der Waals surface area contributed by atoms with Gasteiger partial charge >= 0.3 is 0 Å². The molecular weight excluding hydrogens is 238 g/mol. The summed E-state index contributed by atoms with van der Waals surface area (Å²) in [7, 11) is 0. The van der Waals surface area contributed by atoms with E-state index in [2.05, 4.69) is 22.3 Å². The predicted octanol–water partition coefficient (Wildman–Crippen LogP) is 0.768. The first kappa shape index (κ1) is 14.0. The molecule has 104 valence electrons. The zero-order valence-electron chi connectivity index (χ0n) is 11.3. The number of hydrogen-bond donors (Lipinski definition) is 2. The van der Waals surface area contributed by atoms with Crippen molar-refractivity contribution in [2.24, 2.45) is 5.73 Å². The number of rotatable bonds is 5. The third-order valence-electron chi connectivity index (χ3n) is 3.58. The minimum atomic E-state index is 0.117. The second-order valence-corrected chi connectivity index (χ2v) is 5.20. The van der Waals surface area contributed by atoms with E-state index in [-0.39, 0.29) is 5.91 Å². The van der Waals surface area contributed by atoms with Crippen molar-refractivity contribution < 1.29 is 4.79 Å².